The van der Waals surface area contributed by atoms with E-state index in [9.17, 15) is 0 Å². The van der Waals surface area contributed by atoms with Crippen LogP contribution >= 0.6 is 0 Å². The van der Waals surface area contributed by atoms with Crippen molar-refractivity contribution in [1.82, 2.24) is 15.0 Å². The Morgan fingerprint density at radius 3 is 2.86 bits per heavy atom. The number of rotatable bonds is 4. The molecule has 21 heavy (non-hydrogen) atoms. The van der Waals surface area contributed by atoms with E-state index in [1.807, 2.05) is 6.92 Å². The second-order valence-corrected chi connectivity index (χ2v) is 5.72. The number of aromatic nitrogens is 2. The number of benzene rings is 1. The molecule has 112 valence electrons. The molecular weight excluding hydrogens is 264 g/mol. The normalized spacial score (nSPS) is 19.2. The summed E-state index contributed by atoms with van der Waals surface area (Å²) in [5, 5.41) is 3.99. The standard InChI is InChI=1S/C16H22N4O/c1-13-17-16(18-21-13)12-19(2)15-9-6-10-20(11-15)14-7-4-3-5-8-14/h3-5,7-8,15H,6,9-12H2,1-2H3. The Hall–Kier alpha value is -1.88. The second-order valence-electron chi connectivity index (χ2n) is 5.72. The van der Waals surface area contributed by atoms with Crippen molar-refractivity contribution < 1.29 is 4.52 Å². The van der Waals surface area contributed by atoms with Gasteiger partial charge in [0.2, 0.25) is 5.89 Å². The molecule has 5 heteroatoms. The zero-order chi connectivity index (χ0) is 14.7. The molecular formula is C16H22N4O. The van der Waals surface area contributed by atoms with E-state index in [4.69, 9.17) is 4.52 Å². The van der Waals surface area contributed by atoms with Gasteiger partial charge in [0.25, 0.3) is 0 Å². The fraction of sp³-hybridized carbons (Fsp3) is 0.500. The summed E-state index contributed by atoms with van der Waals surface area (Å²) in [4.78, 5) is 9.09. The van der Waals surface area contributed by atoms with Crippen LogP contribution in [0.4, 0.5) is 5.69 Å². The van der Waals surface area contributed by atoms with Crippen LogP contribution in [0.2, 0.25) is 0 Å². The molecule has 0 bridgehead atoms. The molecule has 1 unspecified atom stereocenters. The summed E-state index contributed by atoms with van der Waals surface area (Å²) < 4.78 is 5.04. The van der Waals surface area contributed by atoms with E-state index in [1.165, 1.54) is 18.5 Å². The maximum absolute atomic E-state index is 5.04. The molecule has 2 aromatic rings. The van der Waals surface area contributed by atoms with Gasteiger partial charge in [-0.15, -0.1) is 0 Å². The van der Waals surface area contributed by atoms with Crippen LogP contribution in [0, 0.1) is 6.92 Å². The lowest BCUT2D eigenvalue weighted by Gasteiger charge is -2.38. The van der Waals surface area contributed by atoms with Gasteiger partial charge in [-0.2, -0.15) is 4.98 Å². The maximum atomic E-state index is 5.04. The van der Waals surface area contributed by atoms with Crippen LogP contribution in [0.5, 0.6) is 0 Å². The van der Waals surface area contributed by atoms with Crippen molar-refractivity contribution >= 4 is 5.69 Å². The Bertz CT molecular complexity index is 569. The van der Waals surface area contributed by atoms with Crippen molar-refractivity contribution in [3.63, 3.8) is 0 Å². The minimum absolute atomic E-state index is 0.526. The third-order valence-electron chi connectivity index (χ3n) is 4.10. The zero-order valence-electron chi connectivity index (χ0n) is 12.7. The van der Waals surface area contributed by atoms with Crippen LogP contribution in [0.25, 0.3) is 0 Å². The number of hydrogen-bond donors (Lipinski definition) is 0. The first-order valence-electron chi connectivity index (χ1n) is 7.52. The highest BCUT2D eigenvalue weighted by molar-refractivity contribution is 5.46. The van der Waals surface area contributed by atoms with Gasteiger partial charge < -0.3 is 9.42 Å². The highest BCUT2D eigenvalue weighted by Crippen LogP contribution is 2.22. The molecule has 1 aromatic carbocycles. The summed E-state index contributed by atoms with van der Waals surface area (Å²) in [6.45, 7) is 4.76. The molecule has 0 aliphatic carbocycles. The van der Waals surface area contributed by atoms with Crippen LogP contribution in [-0.4, -0.2) is 41.2 Å². The minimum Gasteiger partial charge on any atom is -0.370 e. The Balaban J connectivity index is 1.62. The van der Waals surface area contributed by atoms with Gasteiger partial charge in [-0.1, -0.05) is 23.4 Å². The van der Waals surface area contributed by atoms with Crippen LogP contribution in [-0.2, 0) is 6.54 Å². The van der Waals surface area contributed by atoms with Crippen LogP contribution in [0.3, 0.4) is 0 Å². The first-order chi connectivity index (χ1) is 10.2. The number of para-hydroxylation sites is 1. The van der Waals surface area contributed by atoms with Crippen LogP contribution in [0.15, 0.2) is 34.9 Å². The number of aryl methyl sites for hydroxylation is 1. The second kappa shape index (κ2) is 6.26. The maximum Gasteiger partial charge on any atom is 0.223 e. The first kappa shape index (κ1) is 14.1. The van der Waals surface area contributed by atoms with Crippen molar-refractivity contribution in [1.29, 1.82) is 0 Å². The zero-order valence-corrected chi connectivity index (χ0v) is 12.7. The minimum atomic E-state index is 0.526. The monoisotopic (exact) mass is 286 g/mol. The SMILES string of the molecule is Cc1nc(CN(C)C2CCCN(c3ccccc3)C2)no1. The summed E-state index contributed by atoms with van der Waals surface area (Å²) in [6.07, 6.45) is 2.44. The average Bonchev–Trinajstić information content (AvgIpc) is 2.93. The predicted molar refractivity (Wildman–Crippen MR) is 82.2 cm³/mol. The summed E-state index contributed by atoms with van der Waals surface area (Å²) >= 11 is 0. The van der Waals surface area contributed by atoms with Gasteiger partial charge >= 0.3 is 0 Å². The quantitative estimate of drug-likeness (QED) is 0.864. The van der Waals surface area contributed by atoms with E-state index in [1.54, 1.807) is 0 Å². The summed E-state index contributed by atoms with van der Waals surface area (Å²) in [6, 6.07) is 11.2. The number of piperidine rings is 1. The topological polar surface area (TPSA) is 45.4 Å². The Morgan fingerprint density at radius 1 is 1.33 bits per heavy atom. The van der Waals surface area contributed by atoms with Gasteiger partial charge in [0.05, 0.1) is 6.54 Å². The Morgan fingerprint density at radius 2 is 2.14 bits per heavy atom. The molecule has 1 atom stereocenters. The lowest BCUT2D eigenvalue weighted by Crippen LogP contribution is -2.46. The summed E-state index contributed by atoms with van der Waals surface area (Å²) in [7, 11) is 2.14. The van der Waals surface area contributed by atoms with Crippen molar-refractivity contribution in [3.05, 3.63) is 42.0 Å². The average molecular weight is 286 g/mol. The number of hydrogen-bond acceptors (Lipinski definition) is 5. The molecule has 5 nitrogen and oxygen atoms in total. The highest BCUT2D eigenvalue weighted by Gasteiger charge is 2.24. The smallest absolute Gasteiger partial charge is 0.223 e. The molecule has 0 spiro atoms. The summed E-state index contributed by atoms with van der Waals surface area (Å²) in [5.41, 5.74) is 1.31. The molecule has 0 saturated carbocycles. The van der Waals surface area contributed by atoms with Gasteiger partial charge in [0.1, 0.15) is 0 Å². The molecule has 0 N–H and O–H groups in total. The van der Waals surface area contributed by atoms with E-state index in [-0.39, 0.29) is 0 Å². The molecule has 1 saturated heterocycles. The van der Waals surface area contributed by atoms with Crippen molar-refractivity contribution in [2.24, 2.45) is 0 Å². The Labute approximate surface area is 125 Å². The fourth-order valence-electron chi connectivity index (χ4n) is 2.95. The first-order valence-corrected chi connectivity index (χ1v) is 7.52. The molecule has 0 radical (unpaired) electrons. The number of anilines is 1. The lowest BCUT2D eigenvalue weighted by molar-refractivity contribution is 0.201. The molecule has 1 aromatic heterocycles. The van der Waals surface area contributed by atoms with Crippen molar-refractivity contribution in [2.45, 2.75) is 32.4 Å². The summed E-state index contributed by atoms with van der Waals surface area (Å²) in [5.74, 6) is 1.40. The van der Waals surface area contributed by atoms with Gasteiger partial charge in [-0.25, -0.2) is 0 Å². The lowest BCUT2D eigenvalue weighted by atomic mass is 10.0. The third kappa shape index (κ3) is 3.42. The fourth-order valence-corrected chi connectivity index (χ4v) is 2.95. The van der Waals surface area contributed by atoms with E-state index < -0.39 is 0 Å². The van der Waals surface area contributed by atoms with Gasteiger partial charge in [0.15, 0.2) is 5.82 Å². The van der Waals surface area contributed by atoms with Gasteiger partial charge in [-0.3, -0.25) is 4.90 Å². The molecule has 3 rings (SSSR count). The Kier molecular flexibility index (Phi) is 4.20. The van der Waals surface area contributed by atoms with Crippen molar-refractivity contribution in [2.75, 3.05) is 25.0 Å². The largest absolute Gasteiger partial charge is 0.370 e. The third-order valence-corrected chi connectivity index (χ3v) is 4.10. The van der Waals surface area contributed by atoms with Gasteiger partial charge in [-0.05, 0) is 32.0 Å². The van der Waals surface area contributed by atoms with Crippen LogP contribution in [0.1, 0.15) is 24.6 Å². The molecule has 1 aliphatic heterocycles. The molecule has 2 heterocycles. The predicted octanol–water partition coefficient (Wildman–Crippen LogP) is 2.48. The number of nitrogens with zero attached hydrogens (tertiary/aromatic N) is 4. The van der Waals surface area contributed by atoms with E-state index in [0.717, 1.165) is 25.5 Å². The molecule has 1 fully saturated rings. The van der Waals surface area contributed by atoms with E-state index in [0.29, 0.717) is 11.9 Å². The number of likely N-dealkylation sites (N-methyl/N-ethyl adjacent to an activating group) is 1. The highest BCUT2D eigenvalue weighted by atomic mass is 16.5. The molecule has 1 aliphatic rings. The van der Waals surface area contributed by atoms with E-state index in [2.05, 4.69) is 57.3 Å². The van der Waals surface area contributed by atoms with Gasteiger partial charge in [0, 0.05) is 31.7 Å². The van der Waals surface area contributed by atoms with Crippen LogP contribution < -0.4 is 4.90 Å². The van der Waals surface area contributed by atoms with Crippen molar-refractivity contribution in [3.8, 4) is 0 Å². The van der Waals surface area contributed by atoms with E-state index >= 15 is 0 Å². The molecule has 0 amide bonds.